The van der Waals surface area contributed by atoms with Crippen LogP contribution in [0.15, 0.2) is 24.3 Å². The summed E-state index contributed by atoms with van der Waals surface area (Å²) in [4.78, 5) is 18.6. The summed E-state index contributed by atoms with van der Waals surface area (Å²) >= 11 is 1.68. The van der Waals surface area contributed by atoms with Crippen molar-refractivity contribution < 1.29 is 4.79 Å². The van der Waals surface area contributed by atoms with Gasteiger partial charge in [0.2, 0.25) is 5.91 Å². The Labute approximate surface area is 123 Å². The molecule has 0 unspecified atom stereocenters. The second kappa shape index (κ2) is 5.92. The Balaban J connectivity index is 1.62. The van der Waals surface area contributed by atoms with Crippen molar-refractivity contribution in [3.8, 4) is 0 Å². The predicted octanol–water partition coefficient (Wildman–Crippen LogP) is 3.84. The number of nitrogens with zero attached hydrogens (tertiary/aromatic N) is 2. The maximum atomic E-state index is 12.2. The molecule has 1 aromatic heterocycles. The van der Waals surface area contributed by atoms with Crippen LogP contribution in [-0.4, -0.2) is 22.8 Å². The number of para-hydroxylation sites is 1. The van der Waals surface area contributed by atoms with Gasteiger partial charge in [0.1, 0.15) is 5.01 Å². The Morgan fingerprint density at radius 3 is 2.85 bits per heavy atom. The van der Waals surface area contributed by atoms with Crippen LogP contribution < -0.4 is 0 Å². The lowest BCUT2D eigenvalue weighted by Crippen LogP contribution is -2.27. The molecule has 0 bridgehead atoms. The lowest BCUT2D eigenvalue weighted by atomic mass is 10.0. The number of benzene rings is 1. The molecular weight excluding hydrogens is 268 g/mol. The Kier molecular flexibility index (Phi) is 4.01. The normalized spacial score (nSPS) is 15.8. The molecule has 0 aliphatic heterocycles. The molecule has 4 heteroatoms. The summed E-state index contributed by atoms with van der Waals surface area (Å²) in [6.45, 7) is 0.630. The Hall–Kier alpha value is -1.42. The molecule has 1 amide bonds. The second-order valence-electron chi connectivity index (χ2n) is 5.68. The molecule has 1 aliphatic rings. The summed E-state index contributed by atoms with van der Waals surface area (Å²) in [6, 6.07) is 8.13. The Bertz CT molecular complexity index is 568. The zero-order valence-corrected chi connectivity index (χ0v) is 12.7. The van der Waals surface area contributed by atoms with Crippen LogP contribution >= 0.6 is 11.3 Å². The smallest absolute Gasteiger partial charge is 0.222 e. The molecule has 106 valence electrons. The van der Waals surface area contributed by atoms with Crippen LogP contribution in [0.25, 0.3) is 10.2 Å². The van der Waals surface area contributed by atoms with Gasteiger partial charge in [0.15, 0.2) is 0 Å². The van der Waals surface area contributed by atoms with E-state index in [1.807, 2.05) is 30.1 Å². The van der Waals surface area contributed by atoms with Gasteiger partial charge in [-0.3, -0.25) is 4.79 Å². The van der Waals surface area contributed by atoms with Crippen molar-refractivity contribution in [2.45, 2.75) is 38.6 Å². The van der Waals surface area contributed by atoms with Gasteiger partial charge in [-0.1, -0.05) is 25.0 Å². The van der Waals surface area contributed by atoms with Crippen molar-refractivity contribution in [3.05, 3.63) is 29.3 Å². The van der Waals surface area contributed by atoms with E-state index >= 15 is 0 Å². The molecule has 0 N–H and O–H groups in total. The lowest BCUT2D eigenvalue weighted by Gasteiger charge is -2.17. The summed E-state index contributed by atoms with van der Waals surface area (Å²) in [5.74, 6) is 0.872. The summed E-state index contributed by atoms with van der Waals surface area (Å²) in [5, 5.41) is 1.02. The van der Waals surface area contributed by atoms with E-state index in [2.05, 4.69) is 11.1 Å². The summed E-state index contributed by atoms with van der Waals surface area (Å²) in [5.41, 5.74) is 1.03. The largest absolute Gasteiger partial charge is 0.339 e. The van der Waals surface area contributed by atoms with Crippen LogP contribution in [0.4, 0.5) is 0 Å². The number of aromatic nitrogens is 1. The van der Waals surface area contributed by atoms with E-state index in [9.17, 15) is 4.79 Å². The maximum absolute atomic E-state index is 12.2. The third-order valence-corrected chi connectivity index (χ3v) is 5.10. The van der Waals surface area contributed by atoms with Crippen molar-refractivity contribution in [2.24, 2.45) is 5.92 Å². The average molecular weight is 288 g/mol. The SMILES string of the molecule is CN(Cc1nc2ccccc2s1)C(=O)CC1CCCC1. The lowest BCUT2D eigenvalue weighted by molar-refractivity contribution is -0.131. The summed E-state index contributed by atoms with van der Waals surface area (Å²) < 4.78 is 1.19. The highest BCUT2D eigenvalue weighted by Gasteiger charge is 2.21. The minimum Gasteiger partial charge on any atom is -0.339 e. The van der Waals surface area contributed by atoms with Crippen molar-refractivity contribution >= 4 is 27.5 Å². The van der Waals surface area contributed by atoms with E-state index in [0.29, 0.717) is 18.9 Å². The van der Waals surface area contributed by atoms with Crippen molar-refractivity contribution in [3.63, 3.8) is 0 Å². The standard InChI is InChI=1S/C16H20N2OS/c1-18(16(19)10-12-6-2-3-7-12)11-15-17-13-8-4-5-9-14(13)20-15/h4-5,8-9,12H,2-3,6-7,10-11H2,1H3. The highest BCUT2D eigenvalue weighted by molar-refractivity contribution is 7.18. The zero-order valence-electron chi connectivity index (χ0n) is 11.8. The molecule has 3 nitrogen and oxygen atoms in total. The average Bonchev–Trinajstić information content (AvgIpc) is 3.06. The third-order valence-electron chi connectivity index (χ3n) is 4.07. The first-order chi connectivity index (χ1) is 9.72. The molecule has 1 saturated carbocycles. The summed E-state index contributed by atoms with van der Waals surface area (Å²) in [7, 11) is 1.89. The van der Waals surface area contributed by atoms with Crippen molar-refractivity contribution in [1.82, 2.24) is 9.88 Å². The fraction of sp³-hybridized carbons (Fsp3) is 0.500. The van der Waals surface area contributed by atoms with Gasteiger partial charge in [-0.25, -0.2) is 4.98 Å². The molecule has 0 radical (unpaired) electrons. The number of fused-ring (bicyclic) bond motifs is 1. The number of amides is 1. The van der Waals surface area contributed by atoms with Gasteiger partial charge < -0.3 is 4.90 Å². The van der Waals surface area contributed by atoms with Crippen LogP contribution in [0.1, 0.15) is 37.1 Å². The fourth-order valence-electron chi connectivity index (χ4n) is 2.90. The van der Waals surface area contributed by atoms with Gasteiger partial charge >= 0.3 is 0 Å². The molecular formula is C16H20N2OS. The minimum atomic E-state index is 0.260. The number of rotatable bonds is 4. The monoisotopic (exact) mass is 288 g/mol. The number of hydrogen-bond donors (Lipinski definition) is 0. The van der Waals surface area contributed by atoms with E-state index in [0.717, 1.165) is 10.5 Å². The summed E-state index contributed by atoms with van der Waals surface area (Å²) in [6.07, 6.45) is 5.74. The molecule has 20 heavy (non-hydrogen) atoms. The van der Waals surface area contributed by atoms with E-state index < -0.39 is 0 Å². The van der Waals surface area contributed by atoms with Crippen LogP contribution in [-0.2, 0) is 11.3 Å². The van der Waals surface area contributed by atoms with Gasteiger partial charge in [-0.05, 0) is 30.9 Å². The van der Waals surface area contributed by atoms with Gasteiger partial charge in [0.05, 0.1) is 16.8 Å². The van der Waals surface area contributed by atoms with Crippen molar-refractivity contribution in [1.29, 1.82) is 0 Å². The highest BCUT2D eigenvalue weighted by Crippen LogP contribution is 2.28. The molecule has 2 aromatic rings. The van der Waals surface area contributed by atoms with Crippen LogP contribution in [0.5, 0.6) is 0 Å². The molecule has 3 rings (SSSR count). The Morgan fingerprint density at radius 1 is 1.35 bits per heavy atom. The first-order valence-electron chi connectivity index (χ1n) is 7.31. The molecule has 0 spiro atoms. The van der Waals surface area contributed by atoms with E-state index in [1.54, 1.807) is 11.3 Å². The predicted molar refractivity (Wildman–Crippen MR) is 82.7 cm³/mol. The first kappa shape index (κ1) is 13.6. The fourth-order valence-corrected chi connectivity index (χ4v) is 3.92. The quantitative estimate of drug-likeness (QED) is 0.856. The van der Waals surface area contributed by atoms with Gasteiger partial charge in [-0.2, -0.15) is 0 Å². The molecule has 0 saturated heterocycles. The molecule has 1 heterocycles. The highest BCUT2D eigenvalue weighted by atomic mass is 32.1. The van der Waals surface area contributed by atoms with Crippen LogP contribution in [0, 0.1) is 5.92 Å². The second-order valence-corrected chi connectivity index (χ2v) is 6.79. The Morgan fingerprint density at radius 2 is 2.10 bits per heavy atom. The first-order valence-corrected chi connectivity index (χ1v) is 8.12. The minimum absolute atomic E-state index is 0.260. The third kappa shape index (κ3) is 3.01. The number of thiazole rings is 1. The molecule has 0 atom stereocenters. The van der Waals surface area contributed by atoms with Crippen molar-refractivity contribution in [2.75, 3.05) is 7.05 Å². The van der Waals surface area contributed by atoms with Gasteiger partial charge in [-0.15, -0.1) is 11.3 Å². The van der Waals surface area contributed by atoms with Gasteiger partial charge in [0, 0.05) is 13.5 Å². The number of hydrogen-bond acceptors (Lipinski definition) is 3. The van der Waals surface area contributed by atoms with Crippen LogP contribution in [0.3, 0.4) is 0 Å². The molecule has 1 fully saturated rings. The van der Waals surface area contributed by atoms with E-state index in [-0.39, 0.29) is 5.91 Å². The van der Waals surface area contributed by atoms with Crippen LogP contribution in [0.2, 0.25) is 0 Å². The van der Waals surface area contributed by atoms with E-state index in [1.165, 1.54) is 30.4 Å². The number of carbonyl (C=O) groups excluding carboxylic acids is 1. The van der Waals surface area contributed by atoms with Gasteiger partial charge in [0.25, 0.3) is 0 Å². The molecule has 1 aromatic carbocycles. The van der Waals surface area contributed by atoms with E-state index in [4.69, 9.17) is 0 Å². The topological polar surface area (TPSA) is 33.2 Å². The molecule has 1 aliphatic carbocycles. The number of carbonyl (C=O) groups is 1. The zero-order chi connectivity index (χ0) is 13.9. The maximum Gasteiger partial charge on any atom is 0.222 e.